The van der Waals surface area contributed by atoms with Crippen molar-refractivity contribution in [1.29, 1.82) is 0 Å². The zero-order valence-electron chi connectivity index (χ0n) is 17.6. The van der Waals surface area contributed by atoms with E-state index in [2.05, 4.69) is 5.32 Å². The van der Waals surface area contributed by atoms with Gasteiger partial charge in [-0.3, -0.25) is 4.79 Å². The molecule has 0 heterocycles. The lowest BCUT2D eigenvalue weighted by Gasteiger charge is -2.15. The predicted octanol–water partition coefficient (Wildman–Crippen LogP) is 5.34. The molecular formula is C26H25NO4. The van der Waals surface area contributed by atoms with Crippen molar-refractivity contribution in [2.45, 2.75) is 20.0 Å². The molecule has 31 heavy (non-hydrogen) atoms. The van der Waals surface area contributed by atoms with Gasteiger partial charge in [0.15, 0.2) is 6.10 Å². The SMILES string of the molecule is CCOc1ccccc1/C=C/C(=O)O[C@H](C)C(=O)Nc1ccccc1-c1ccccc1. The van der Waals surface area contributed by atoms with Crippen molar-refractivity contribution in [1.82, 2.24) is 0 Å². The number of ether oxygens (including phenoxy) is 2. The molecule has 3 rings (SSSR count). The summed E-state index contributed by atoms with van der Waals surface area (Å²) in [5, 5.41) is 2.85. The monoisotopic (exact) mass is 415 g/mol. The molecule has 0 spiro atoms. The first kappa shape index (κ1) is 21.8. The summed E-state index contributed by atoms with van der Waals surface area (Å²) in [6, 6.07) is 24.6. The topological polar surface area (TPSA) is 64.6 Å². The summed E-state index contributed by atoms with van der Waals surface area (Å²) < 4.78 is 10.8. The van der Waals surface area contributed by atoms with Gasteiger partial charge in [0, 0.05) is 22.9 Å². The Morgan fingerprint density at radius 3 is 2.39 bits per heavy atom. The van der Waals surface area contributed by atoms with Gasteiger partial charge in [-0.1, -0.05) is 66.7 Å². The molecule has 0 saturated heterocycles. The van der Waals surface area contributed by atoms with E-state index < -0.39 is 18.0 Å². The van der Waals surface area contributed by atoms with E-state index in [1.54, 1.807) is 13.0 Å². The molecule has 5 heteroatoms. The molecule has 0 unspecified atom stereocenters. The molecular weight excluding hydrogens is 390 g/mol. The Hall–Kier alpha value is -3.86. The predicted molar refractivity (Wildman–Crippen MR) is 123 cm³/mol. The Labute approximate surface area is 182 Å². The molecule has 1 atom stereocenters. The van der Waals surface area contributed by atoms with Gasteiger partial charge in [0.2, 0.25) is 0 Å². The number of amides is 1. The fraction of sp³-hybridized carbons (Fsp3) is 0.154. The molecule has 3 aromatic carbocycles. The quantitative estimate of drug-likeness (QED) is 0.399. The number of hydrogen-bond acceptors (Lipinski definition) is 4. The van der Waals surface area contributed by atoms with Crippen LogP contribution in [-0.4, -0.2) is 24.6 Å². The lowest BCUT2D eigenvalue weighted by atomic mass is 10.0. The van der Waals surface area contributed by atoms with Gasteiger partial charge in [-0.2, -0.15) is 0 Å². The summed E-state index contributed by atoms with van der Waals surface area (Å²) >= 11 is 0. The highest BCUT2D eigenvalue weighted by Crippen LogP contribution is 2.27. The summed E-state index contributed by atoms with van der Waals surface area (Å²) in [7, 11) is 0. The number of rotatable bonds is 8. The minimum absolute atomic E-state index is 0.403. The molecule has 0 bridgehead atoms. The zero-order chi connectivity index (χ0) is 22.1. The first-order valence-corrected chi connectivity index (χ1v) is 10.1. The first-order chi connectivity index (χ1) is 15.1. The maximum Gasteiger partial charge on any atom is 0.331 e. The summed E-state index contributed by atoms with van der Waals surface area (Å²) in [6.45, 7) is 3.96. The first-order valence-electron chi connectivity index (χ1n) is 10.1. The number of nitrogens with one attached hydrogen (secondary N) is 1. The Balaban J connectivity index is 1.64. The third kappa shape index (κ3) is 6.06. The summed E-state index contributed by atoms with van der Waals surface area (Å²) in [6.07, 6.45) is 1.95. The van der Waals surface area contributed by atoms with Crippen molar-refractivity contribution in [3.63, 3.8) is 0 Å². The highest BCUT2D eigenvalue weighted by atomic mass is 16.5. The molecule has 0 fully saturated rings. The van der Waals surface area contributed by atoms with E-state index in [-0.39, 0.29) is 0 Å². The molecule has 0 aliphatic carbocycles. The van der Waals surface area contributed by atoms with Gasteiger partial charge in [-0.25, -0.2) is 4.79 Å². The minimum Gasteiger partial charge on any atom is -0.493 e. The average molecular weight is 415 g/mol. The van der Waals surface area contributed by atoms with Gasteiger partial charge in [-0.15, -0.1) is 0 Å². The highest BCUT2D eigenvalue weighted by Gasteiger charge is 2.18. The summed E-state index contributed by atoms with van der Waals surface area (Å²) in [5.41, 5.74) is 3.29. The van der Waals surface area contributed by atoms with E-state index >= 15 is 0 Å². The molecule has 158 valence electrons. The van der Waals surface area contributed by atoms with Crippen LogP contribution < -0.4 is 10.1 Å². The second kappa shape index (κ2) is 10.8. The standard InChI is InChI=1S/C26H25NO4/c1-3-30-24-16-10-7-13-21(24)17-18-25(28)31-19(2)26(29)27-23-15-9-8-14-22(23)20-11-5-4-6-12-20/h4-19H,3H2,1-2H3,(H,27,29)/b18-17+/t19-/m1/s1. The molecule has 1 amide bonds. The minimum atomic E-state index is -0.955. The van der Waals surface area contributed by atoms with Crippen molar-refractivity contribution >= 4 is 23.6 Å². The van der Waals surface area contributed by atoms with Crippen LogP contribution in [0.1, 0.15) is 19.4 Å². The van der Waals surface area contributed by atoms with Crippen LogP contribution in [0.15, 0.2) is 84.9 Å². The van der Waals surface area contributed by atoms with E-state index in [1.165, 1.54) is 6.08 Å². The van der Waals surface area contributed by atoms with Crippen molar-refractivity contribution in [2.24, 2.45) is 0 Å². The van der Waals surface area contributed by atoms with Crippen LogP contribution >= 0.6 is 0 Å². The Morgan fingerprint density at radius 1 is 0.935 bits per heavy atom. The number of carbonyl (C=O) groups is 2. The molecule has 1 N–H and O–H groups in total. The average Bonchev–Trinajstić information content (AvgIpc) is 2.79. The van der Waals surface area contributed by atoms with Gasteiger partial charge in [0.1, 0.15) is 5.75 Å². The molecule has 0 aliphatic heterocycles. The Morgan fingerprint density at radius 2 is 1.61 bits per heavy atom. The number of hydrogen-bond donors (Lipinski definition) is 1. The largest absolute Gasteiger partial charge is 0.493 e. The van der Waals surface area contributed by atoms with Crippen LogP contribution in [0.3, 0.4) is 0 Å². The van der Waals surface area contributed by atoms with Gasteiger partial charge in [0.25, 0.3) is 5.91 Å². The Bertz CT molecular complexity index is 1060. The number of anilines is 1. The molecule has 0 aliphatic rings. The van der Waals surface area contributed by atoms with Crippen molar-refractivity contribution in [3.8, 4) is 16.9 Å². The zero-order valence-corrected chi connectivity index (χ0v) is 17.6. The smallest absolute Gasteiger partial charge is 0.331 e. The Kier molecular flexibility index (Phi) is 7.60. The van der Waals surface area contributed by atoms with Crippen LogP contribution in [0.4, 0.5) is 5.69 Å². The van der Waals surface area contributed by atoms with Crippen molar-refractivity contribution < 1.29 is 19.1 Å². The third-order valence-electron chi connectivity index (χ3n) is 4.55. The van der Waals surface area contributed by atoms with Gasteiger partial charge in [-0.05, 0) is 37.6 Å². The fourth-order valence-corrected chi connectivity index (χ4v) is 3.03. The fourth-order valence-electron chi connectivity index (χ4n) is 3.03. The molecule has 0 radical (unpaired) electrons. The van der Waals surface area contributed by atoms with E-state index in [0.29, 0.717) is 18.0 Å². The maximum atomic E-state index is 12.6. The molecule has 0 saturated carbocycles. The van der Waals surface area contributed by atoms with Crippen molar-refractivity contribution in [2.75, 3.05) is 11.9 Å². The van der Waals surface area contributed by atoms with Crippen LogP contribution in [0, 0.1) is 0 Å². The van der Waals surface area contributed by atoms with Gasteiger partial charge in [0.05, 0.1) is 6.61 Å². The summed E-state index contributed by atoms with van der Waals surface area (Å²) in [5.74, 6) is -0.331. The van der Waals surface area contributed by atoms with E-state index in [1.807, 2.05) is 85.8 Å². The van der Waals surface area contributed by atoms with Crippen LogP contribution in [0.2, 0.25) is 0 Å². The van der Waals surface area contributed by atoms with Gasteiger partial charge < -0.3 is 14.8 Å². The highest BCUT2D eigenvalue weighted by molar-refractivity contribution is 5.99. The number of carbonyl (C=O) groups excluding carboxylic acids is 2. The second-order valence-corrected chi connectivity index (χ2v) is 6.78. The molecule has 5 nitrogen and oxygen atoms in total. The van der Waals surface area contributed by atoms with E-state index in [4.69, 9.17) is 9.47 Å². The second-order valence-electron chi connectivity index (χ2n) is 6.78. The van der Waals surface area contributed by atoms with Crippen molar-refractivity contribution in [3.05, 3.63) is 90.5 Å². The van der Waals surface area contributed by atoms with E-state index in [9.17, 15) is 9.59 Å². The lowest BCUT2D eigenvalue weighted by molar-refractivity contribution is -0.148. The molecule has 3 aromatic rings. The normalized spacial score (nSPS) is 11.7. The third-order valence-corrected chi connectivity index (χ3v) is 4.55. The van der Waals surface area contributed by atoms with Gasteiger partial charge >= 0.3 is 5.97 Å². The van der Waals surface area contributed by atoms with E-state index in [0.717, 1.165) is 16.7 Å². The summed E-state index contributed by atoms with van der Waals surface area (Å²) in [4.78, 5) is 24.8. The van der Waals surface area contributed by atoms with Crippen LogP contribution in [0.5, 0.6) is 5.75 Å². The number of benzene rings is 3. The molecule has 0 aromatic heterocycles. The van der Waals surface area contributed by atoms with Crippen LogP contribution in [-0.2, 0) is 14.3 Å². The lowest BCUT2D eigenvalue weighted by Crippen LogP contribution is -2.29. The maximum absolute atomic E-state index is 12.6. The number of para-hydroxylation sites is 2. The van der Waals surface area contributed by atoms with Crippen LogP contribution in [0.25, 0.3) is 17.2 Å². The number of esters is 1.